The zero-order chi connectivity index (χ0) is 19.1. The summed E-state index contributed by atoms with van der Waals surface area (Å²) in [6.07, 6.45) is 4.45. The Morgan fingerprint density at radius 1 is 1.11 bits per heavy atom. The van der Waals surface area contributed by atoms with Crippen molar-refractivity contribution in [2.75, 3.05) is 0 Å². The molecule has 0 radical (unpaired) electrons. The second-order valence-corrected chi connectivity index (χ2v) is 7.53. The van der Waals surface area contributed by atoms with E-state index < -0.39 is 0 Å². The number of hydrogen-bond acceptors (Lipinski definition) is 3. The van der Waals surface area contributed by atoms with Crippen molar-refractivity contribution >= 4 is 21.8 Å². The van der Waals surface area contributed by atoms with E-state index in [-0.39, 0.29) is 11.9 Å². The first-order valence-corrected chi connectivity index (χ1v) is 9.93. The van der Waals surface area contributed by atoms with Crippen LogP contribution in [0.1, 0.15) is 31.2 Å². The molecule has 4 nitrogen and oxygen atoms in total. The summed E-state index contributed by atoms with van der Waals surface area (Å²) in [5, 5.41) is 3.05. The third-order valence-corrected chi connectivity index (χ3v) is 4.89. The maximum absolute atomic E-state index is 12.2. The van der Waals surface area contributed by atoms with Crippen LogP contribution in [0.2, 0.25) is 0 Å². The van der Waals surface area contributed by atoms with Crippen LogP contribution in [0.4, 0.5) is 0 Å². The fourth-order valence-electron chi connectivity index (χ4n) is 2.84. The zero-order valence-corrected chi connectivity index (χ0v) is 16.9. The van der Waals surface area contributed by atoms with Crippen molar-refractivity contribution in [2.45, 2.75) is 38.6 Å². The largest absolute Gasteiger partial charge is 0.441 e. The molecule has 1 atom stereocenters. The van der Waals surface area contributed by atoms with E-state index in [4.69, 9.17) is 4.42 Å². The third kappa shape index (κ3) is 6.07. The Balaban J connectivity index is 1.43. The molecule has 1 heterocycles. The van der Waals surface area contributed by atoms with Gasteiger partial charge < -0.3 is 9.73 Å². The number of carbonyl (C=O) groups is 1. The summed E-state index contributed by atoms with van der Waals surface area (Å²) in [4.78, 5) is 16.5. The van der Waals surface area contributed by atoms with Crippen LogP contribution in [0, 0.1) is 0 Å². The van der Waals surface area contributed by atoms with Gasteiger partial charge in [-0.2, -0.15) is 0 Å². The molecule has 0 bridgehead atoms. The molecule has 0 spiro atoms. The van der Waals surface area contributed by atoms with E-state index in [1.807, 2.05) is 49.4 Å². The van der Waals surface area contributed by atoms with Gasteiger partial charge in [0.25, 0.3) is 0 Å². The number of nitrogens with one attached hydrogen (secondary N) is 1. The lowest BCUT2D eigenvalue weighted by atomic mass is 10.1. The fourth-order valence-corrected chi connectivity index (χ4v) is 3.11. The van der Waals surface area contributed by atoms with Crippen LogP contribution in [0.15, 0.2) is 69.7 Å². The molecule has 0 saturated carbocycles. The molecule has 1 unspecified atom stereocenters. The van der Waals surface area contributed by atoms with Crippen molar-refractivity contribution in [1.82, 2.24) is 10.3 Å². The van der Waals surface area contributed by atoms with Crippen LogP contribution in [0.5, 0.6) is 0 Å². The number of halogens is 1. The number of carbonyl (C=O) groups excluding carboxylic acids is 1. The number of aromatic nitrogens is 1. The van der Waals surface area contributed by atoms with Gasteiger partial charge in [-0.3, -0.25) is 4.79 Å². The Hall–Kier alpha value is -2.40. The number of oxazole rings is 1. The van der Waals surface area contributed by atoms with Crippen LogP contribution in [-0.4, -0.2) is 16.9 Å². The minimum Gasteiger partial charge on any atom is -0.441 e. The van der Waals surface area contributed by atoms with Crippen molar-refractivity contribution in [2.24, 2.45) is 0 Å². The summed E-state index contributed by atoms with van der Waals surface area (Å²) in [7, 11) is 0. The quantitative estimate of drug-likeness (QED) is 0.540. The van der Waals surface area contributed by atoms with Gasteiger partial charge in [-0.1, -0.05) is 58.4 Å². The number of aryl methyl sites for hydroxylation is 2. The molecule has 140 valence electrons. The summed E-state index contributed by atoms with van der Waals surface area (Å²) >= 11 is 3.42. The van der Waals surface area contributed by atoms with Crippen molar-refractivity contribution in [1.29, 1.82) is 0 Å². The molecular formula is C22H23BrN2O2. The Kier molecular flexibility index (Phi) is 6.82. The monoisotopic (exact) mass is 426 g/mol. The van der Waals surface area contributed by atoms with Gasteiger partial charge in [0.05, 0.1) is 6.20 Å². The van der Waals surface area contributed by atoms with E-state index >= 15 is 0 Å². The zero-order valence-electron chi connectivity index (χ0n) is 15.3. The Morgan fingerprint density at radius 2 is 1.85 bits per heavy atom. The average molecular weight is 427 g/mol. The van der Waals surface area contributed by atoms with Gasteiger partial charge in [0.1, 0.15) is 0 Å². The lowest BCUT2D eigenvalue weighted by molar-refractivity contribution is -0.121. The number of benzene rings is 2. The molecular weight excluding hydrogens is 404 g/mol. The van der Waals surface area contributed by atoms with E-state index in [0.29, 0.717) is 24.5 Å². The lowest BCUT2D eigenvalue weighted by Crippen LogP contribution is -2.33. The minimum absolute atomic E-state index is 0.0268. The van der Waals surface area contributed by atoms with Gasteiger partial charge in [0.15, 0.2) is 11.7 Å². The predicted molar refractivity (Wildman–Crippen MR) is 110 cm³/mol. The summed E-state index contributed by atoms with van der Waals surface area (Å²) in [6.45, 7) is 2.04. The number of hydrogen-bond donors (Lipinski definition) is 1. The van der Waals surface area contributed by atoms with Crippen molar-refractivity contribution in [3.8, 4) is 11.3 Å². The molecule has 0 fully saturated rings. The van der Waals surface area contributed by atoms with Gasteiger partial charge in [-0.05, 0) is 37.5 Å². The molecule has 3 aromatic rings. The van der Waals surface area contributed by atoms with Crippen LogP contribution in [-0.2, 0) is 17.6 Å². The molecule has 1 aromatic heterocycles. The van der Waals surface area contributed by atoms with E-state index in [1.165, 1.54) is 5.56 Å². The number of amides is 1. The normalized spacial score (nSPS) is 11.9. The summed E-state index contributed by atoms with van der Waals surface area (Å²) in [5.41, 5.74) is 2.26. The molecule has 27 heavy (non-hydrogen) atoms. The SMILES string of the molecule is CC(CCc1ccccc1)NC(=O)CCc1ncc(-c2ccc(Br)cc2)o1. The molecule has 0 saturated heterocycles. The summed E-state index contributed by atoms with van der Waals surface area (Å²) < 4.78 is 6.78. The third-order valence-electron chi connectivity index (χ3n) is 4.36. The van der Waals surface area contributed by atoms with Crippen LogP contribution >= 0.6 is 15.9 Å². The van der Waals surface area contributed by atoms with Crippen LogP contribution in [0.3, 0.4) is 0 Å². The van der Waals surface area contributed by atoms with E-state index in [9.17, 15) is 4.79 Å². The van der Waals surface area contributed by atoms with Gasteiger partial charge in [-0.15, -0.1) is 0 Å². The molecule has 0 aliphatic rings. The van der Waals surface area contributed by atoms with Gasteiger partial charge in [0.2, 0.25) is 5.91 Å². The Labute approximate surface area is 168 Å². The maximum Gasteiger partial charge on any atom is 0.220 e. The van der Waals surface area contributed by atoms with Gasteiger partial charge in [-0.25, -0.2) is 4.98 Å². The topological polar surface area (TPSA) is 55.1 Å². The highest BCUT2D eigenvalue weighted by Crippen LogP contribution is 2.22. The van der Waals surface area contributed by atoms with Crippen molar-refractivity contribution in [3.05, 3.63) is 76.7 Å². The fraction of sp³-hybridized carbons (Fsp3) is 0.273. The summed E-state index contributed by atoms with van der Waals surface area (Å²) in [6, 6.07) is 18.3. The first-order chi connectivity index (χ1) is 13.1. The first kappa shape index (κ1) is 19.4. The van der Waals surface area contributed by atoms with Crippen LogP contribution in [0.25, 0.3) is 11.3 Å². The molecule has 2 aromatic carbocycles. The Morgan fingerprint density at radius 3 is 2.59 bits per heavy atom. The Bertz CT molecular complexity index is 860. The average Bonchev–Trinajstić information content (AvgIpc) is 3.15. The van der Waals surface area contributed by atoms with E-state index in [1.54, 1.807) is 6.20 Å². The summed E-state index contributed by atoms with van der Waals surface area (Å²) in [5.74, 6) is 1.33. The molecule has 0 aliphatic carbocycles. The smallest absolute Gasteiger partial charge is 0.220 e. The highest BCUT2D eigenvalue weighted by Gasteiger charge is 2.11. The molecule has 1 amide bonds. The van der Waals surface area contributed by atoms with Crippen molar-refractivity contribution in [3.63, 3.8) is 0 Å². The molecule has 3 rings (SSSR count). The molecule has 1 N–H and O–H groups in total. The highest BCUT2D eigenvalue weighted by atomic mass is 79.9. The van der Waals surface area contributed by atoms with Crippen molar-refractivity contribution < 1.29 is 9.21 Å². The maximum atomic E-state index is 12.2. The van der Waals surface area contributed by atoms with E-state index in [2.05, 4.69) is 38.4 Å². The van der Waals surface area contributed by atoms with Crippen LogP contribution < -0.4 is 5.32 Å². The first-order valence-electron chi connectivity index (χ1n) is 9.14. The highest BCUT2D eigenvalue weighted by molar-refractivity contribution is 9.10. The molecule has 5 heteroatoms. The van der Waals surface area contributed by atoms with Gasteiger partial charge >= 0.3 is 0 Å². The van der Waals surface area contributed by atoms with Gasteiger partial charge in [0, 0.05) is 28.9 Å². The van der Waals surface area contributed by atoms with E-state index in [0.717, 1.165) is 22.9 Å². The standard InChI is InChI=1S/C22H23BrN2O2/c1-16(7-8-17-5-3-2-4-6-17)25-21(26)13-14-22-24-15-20(27-22)18-9-11-19(23)12-10-18/h2-6,9-12,15-16H,7-8,13-14H2,1H3,(H,25,26). The second-order valence-electron chi connectivity index (χ2n) is 6.62. The number of rotatable bonds is 8. The number of nitrogens with zero attached hydrogens (tertiary/aromatic N) is 1. The second kappa shape index (κ2) is 9.51. The lowest BCUT2D eigenvalue weighted by Gasteiger charge is -2.13. The predicted octanol–water partition coefficient (Wildman–Crippen LogP) is 5.17. The minimum atomic E-state index is 0.0268. The molecule has 0 aliphatic heterocycles.